The van der Waals surface area contributed by atoms with Crippen LogP contribution in [-0.2, 0) is 85.6 Å². The van der Waals surface area contributed by atoms with Crippen molar-refractivity contribution in [3.8, 4) is 0 Å². The van der Waals surface area contributed by atoms with Gasteiger partial charge in [-0.05, 0) is 55.4 Å². The highest BCUT2D eigenvalue weighted by Crippen LogP contribution is 2.63. The Morgan fingerprint density at radius 1 is 0.389 bits per heavy atom. The maximum absolute atomic E-state index is 13.8. The van der Waals surface area contributed by atoms with E-state index in [1.165, 1.54) is 13.8 Å². The molecular formula is C57H58F32O24. The molecule has 6 heterocycles. The van der Waals surface area contributed by atoms with Crippen molar-refractivity contribution in [1.82, 2.24) is 0 Å². The van der Waals surface area contributed by atoms with Crippen LogP contribution in [0, 0.1) is 5.92 Å². The number of hydrogen-bond donors (Lipinski definition) is 6. The molecule has 12 unspecified atom stereocenters. The van der Waals surface area contributed by atoms with E-state index in [1.54, 1.807) is 0 Å². The Morgan fingerprint density at radius 2 is 0.752 bits per heavy atom. The van der Waals surface area contributed by atoms with E-state index in [1.807, 2.05) is 0 Å². The highest BCUT2D eigenvalue weighted by molar-refractivity contribution is 5.89. The molecule has 0 radical (unpaired) electrons. The number of ether oxygens (including phenoxy) is 12. The number of esters is 6. The van der Waals surface area contributed by atoms with Crippen LogP contribution in [0.4, 0.5) is 140 Å². The van der Waals surface area contributed by atoms with Crippen molar-refractivity contribution in [2.75, 3.05) is 33.0 Å². The molecular weight excluding hydrogens is 1680 g/mol. The molecule has 6 aliphatic heterocycles. The summed E-state index contributed by atoms with van der Waals surface area (Å²) in [6.45, 7) is 20.3. The summed E-state index contributed by atoms with van der Waals surface area (Å²) in [5, 5.41) is 53.5. The lowest BCUT2D eigenvalue weighted by molar-refractivity contribution is -0.433. The molecule has 6 aliphatic rings. The van der Waals surface area contributed by atoms with Crippen molar-refractivity contribution in [3.05, 3.63) is 72.9 Å². The molecule has 0 bridgehead atoms. The van der Waals surface area contributed by atoms with Gasteiger partial charge >= 0.3 is 144 Å². The molecule has 6 fully saturated rings. The molecule has 0 spiro atoms. The summed E-state index contributed by atoms with van der Waals surface area (Å²) in [4.78, 5) is 66.2. The van der Waals surface area contributed by atoms with Gasteiger partial charge in [0.25, 0.3) is 17.5 Å². The first-order valence-corrected chi connectivity index (χ1v) is 29.1. The Morgan fingerprint density at radius 3 is 1.08 bits per heavy atom. The molecule has 0 aromatic rings. The van der Waals surface area contributed by atoms with E-state index in [9.17, 15) is 169 Å². The number of halogens is 32. The minimum Gasteiger partial charge on any atom is -0.462 e. The summed E-state index contributed by atoms with van der Waals surface area (Å²) in [5.74, 6) is -63.9. The van der Waals surface area contributed by atoms with Gasteiger partial charge in [0.15, 0.2) is 6.10 Å². The Kier molecular flexibility index (Phi) is 30.2. The van der Waals surface area contributed by atoms with E-state index in [2.05, 4.69) is 96.3 Å². The van der Waals surface area contributed by atoms with Crippen LogP contribution in [0.3, 0.4) is 0 Å². The summed E-state index contributed by atoms with van der Waals surface area (Å²) in [5.41, 5.74) is -9.14. The molecule has 24 nitrogen and oxygen atoms in total. The lowest BCUT2D eigenvalue weighted by atomic mass is 9.92. The monoisotopic (exact) mass is 1730 g/mol. The largest absolute Gasteiger partial charge is 0.462 e. The third-order valence-corrected chi connectivity index (χ3v) is 14.9. The Labute approximate surface area is 608 Å². The fourth-order valence-electron chi connectivity index (χ4n) is 8.04. The minimum atomic E-state index is -6.27. The molecule has 113 heavy (non-hydrogen) atoms. The Balaban J connectivity index is 0.000000679. The average molecular weight is 1740 g/mol. The topological polar surface area (TPSA) is 335 Å². The first-order chi connectivity index (χ1) is 49.5. The van der Waals surface area contributed by atoms with E-state index in [0.717, 1.165) is 27.7 Å². The molecule has 0 aromatic carbocycles. The normalized spacial score (nSPS) is 32.1. The highest BCUT2D eigenvalue weighted by Gasteiger charge is 2.93. The van der Waals surface area contributed by atoms with E-state index in [4.69, 9.17) is 30.6 Å². The van der Waals surface area contributed by atoms with Crippen LogP contribution < -0.4 is 0 Å². The predicted molar refractivity (Wildman–Crippen MR) is 293 cm³/mol. The summed E-state index contributed by atoms with van der Waals surface area (Å²) in [6.07, 6.45) is -53.5. The van der Waals surface area contributed by atoms with Gasteiger partial charge in [0, 0.05) is 33.4 Å². The van der Waals surface area contributed by atoms with E-state index in [-0.39, 0.29) is 29.2 Å². The number of aliphatic hydroxyl groups is 6. The molecule has 12 atom stereocenters. The average Bonchev–Trinajstić information content (AvgIpc) is 1.54. The van der Waals surface area contributed by atoms with Gasteiger partial charge in [-0.3, -0.25) is 9.47 Å². The van der Waals surface area contributed by atoms with Crippen molar-refractivity contribution < 1.29 is 257 Å². The zero-order valence-electron chi connectivity index (χ0n) is 57.4. The fraction of sp³-hybridized carbons (Fsp3) is 0.684. The standard InChI is InChI=1S/C10H9F7O4.2C10H11F5O4.C9H7F7O4.C9H9F5O4.C9H11F3O4/c1-4(2)5(18)20-6(3)7(11,12)8(19,9(13,14)15)21-10(6,16)17;1-5(2)6(16)19-7(3)4-18-9(17,8(7,11)12)10(13,14)15;1-5(2)7(16)18-3-6-4-19-9(17,8(6,11)12)10(13,14)15;1-3(2)4(17)19-5-6(10,11)8(18,9(14,15)16)20-7(5,12)13;1-4(2)6(15)18-5-3-17-8(16,7(5,10)11)9(12,13)14;1-5(2)7(13)16-6-3-8(14,15-4-6)9(10,11)12/h19H,1H2,2-3H3;17H,1,4H2,2-3H3;6,17H,1,3-4H2,2H3;5,18H,1H2,2H3;5,16H,1,3H2,2H3;6,14H,1,3-4H2,2H3. The van der Waals surface area contributed by atoms with Crippen molar-refractivity contribution in [2.24, 2.45) is 5.92 Å². The second kappa shape index (κ2) is 32.9. The minimum absolute atomic E-state index is 0.0717. The van der Waals surface area contributed by atoms with Crippen LogP contribution in [0.5, 0.6) is 0 Å². The zero-order valence-corrected chi connectivity index (χ0v) is 57.4. The molecule has 6 rings (SSSR count). The molecule has 0 amide bonds. The van der Waals surface area contributed by atoms with Gasteiger partial charge < -0.3 is 78.0 Å². The van der Waals surface area contributed by atoms with Gasteiger partial charge in [0.05, 0.1) is 38.8 Å². The maximum Gasteiger partial charge on any atom is 0.450 e. The number of rotatable bonds is 13. The second-order valence-electron chi connectivity index (χ2n) is 24.4. The molecule has 0 aliphatic carbocycles. The first kappa shape index (κ1) is 104. The van der Waals surface area contributed by atoms with Crippen LogP contribution in [0.15, 0.2) is 72.9 Å². The van der Waals surface area contributed by atoms with Crippen LogP contribution in [0.25, 0.3) is 0 Å². The van der Waals surface area contributed by atoms with Gasteiger partial charge in [0.2, 0.25) is 5.60 Å². The van der Waals surface area contributed by atoms with Crippen LogP contribution >= 0.6 is 0 Å². The van der Waals surface area contributed by atoms with Gasteiger partial charge in [-0.1, -0.05) is 39.5 Å². The van der Waals surface area contributed by atoms with Crippen molar-refractivity contribution in [2.45, 2.75) is 205 Å². The molecule has 0 aromatic heterocycles. The maximum atomic E-state index is 13.8. The first-order valence-electron chi connectivity index (χ1n) is 29.1. The molecule has 6 saturated heterocycles. The van der Waals surface area contributed by atoms with E-state index < -0.39 is 235 Å². The smallest absolute Gasteiger partial charge is 0.450 e. The quantitative estimate of drug-likeness (QED) is 0.0432. The molecule has 0 saturated carbocycles. The van der Waals surface area contributed by atoms with Gasteiger partial charge in [0.1, 0.15) is 12.7 Å². The fourth-order valence-corrected chi connectivity index (χ4v) is 8.04. The second-order valence-corrected chi connectivity index (χ2v) is 24.4. The van der Waals surface area contributed by atoms with Crippen molar-refractivity contribution >= 4 is 35.8 Å². The van der Waals surface area contributed by atoms with Crippen LogP contribution in [-0.4, -0.2) is 243 Å². The Hall–Kier alpha value is -7.46. The lowest BCUT2D eigenvalue weighted by Crippen LogP contribution is -2.64. The van der Waals surface area contributed by atoms with Gasteiger partial charge in [-0.25, -0.2) is 28.8 Å². The number of carbonyl (C=O) groups is 6. The number of alkyl halides is 32. The highest BCUT2D eigenvalue weighted by atomic mass is 19.4. The third-order valence-electron chi connectivity index (χ3n) is 14.9. The van der Waals surface area contributed by atoms with Crippen molar-refractivity contribution in [3.63, 3.8) is 0 Å². The number of hydrogen-bond acceptors (Lipinski definition) is 24. The zero-order chi connectivity index (χ0) is 90.5. The van der Waals surface area contributed by atoms with Gasteiger partial charge in [-0.2, -0.15) is 140 Å². The van der Waals surface area contributed by atoms with E-state index >= 15 is 0 Å². The lowest BCUT2D eigenvalue weighted by Gasteiger charge is -2.35. The summed E-state index contributed by atoms with van der Waals surface area (Å²) >= 11 is 0. The molecule has 56 heteroatoms. The molecule has 654 valence electrons. The van der Waals surface area contributed by atoms with E-state index in [0.29, 0.717) is 6.92 Å². The van der Waals surface area contributed by atoms with Gasteiger partial charge in [-0.15, -0.1) is 0 Å². The van der Waals surface area contributed by atoms with Crippen LogP contribution in [0.1, 0.15) is 61.8 Å². The summed E-state index contributed by atoms with van der Waals surface area (Å²) in [7, 11) is 0. The summed E-state index contributed by atoms with van der Waals surface area (Å²) < 4.78 is 457. The van der Waals surface area contributed by atoms with Crippen LogP contribution in [0.2, 0.25) is 0 Å². The predicted octanol–water partition coefficient (Wildman–Crippen LogP) is 10.3. The Bertz CT molecular complexity index is 3610. The number of carbonyl (C=O) groups excluding carboxylic acids is 6. The summed E-state index contributed by atoms with van der Waals surface area (Å²) in [6, 6.07) is 0. The third kappa shape index (κ3) is 19.8. The van der Waals surface area contributed by atoms with Crippen molar-refractivity contribution in [1.29, 1.82) is 0 Å². The molecule has 6 N–H and O–H groups in total. The SMILES string of the molecule is C=C(C)C(=O)OC1(C)C(F)(F)OC(O)(C(F)(F)F)C1(F)F.C=C(C)C(=O)OC1(C)COC(O)(C(F)(F)F)C1(F)F.C=C(C)C(=O)OC1C(F)(F)OC(O)(C(F)(F)F)C1(F)F.C=C(C)C(=O)OC1COC(O)(C(F)(F)F)C1.C=C(C)C(=O)OC1COC(O)(C(F)(F)F)C1(F)F.C=C(C)C(=O)OCC1COC(O)(C(F)(F)F)C1(F)F.